The van der Waals surface area contributed by atoms with Gasteiger partial charge in [0.25, 0.3) is 0 Å². The van der Waals surface area contributed by atoms with Crippen LogP contribution in [0.1, 0.15) is 5.56 Å². The zero-order chi connectivity index (χ0) is 11.5. The molecule has 3 nitrogen and oxygen atoms in total. The molecule has 0 fully saturated rings. The molecular formula is C12H7FN2O. The van der Waals surface area contributed by atoms with Crippen LogP contribution in [0.2, 0.25) is 0 Å². The highest BCUT2D eigenvalue weighted by Gasteiger charge is 2.13. The summed E-state index contributed by atoms with van der Waals surface area (Å²) in [5, 5.41) is 18.2. The van der Waals surface area contributed by atoms with E-state index in [0.717, 1.165) is 0 Å². The van der Waals surface area contributed by atoms with Gasteiger partial charge in [-0.15, -0.1) is 0 Å². The molecule has 1 heterocycles. The second-order valence-corrected chi connectivity index (χ2v) is 3.15. The standard InChI is InChI=1S/C12H7FN2O/c13-11-8(7-14)3-1-4-9(11)12-10(16)5-2-6-15-12/h1-6,16H. The average molecular weight is 214 g/mol. The van der Waals surface area contributed by atoms with Gasteiger partial charge in [-0.25, -0.2) is 4.39 Å². The highest BCUT2D eigenvalue weighted by atomic mass is 19.1. The number of rotatable bonds is 1. The van der Waals surface area contributed by atoms with Gasteiger partial charge in [0, 0.05) is 11.8 Å². The van der Waals surface area contributed by atoms with Crippen molar-refractivity contribution in [2.24, 2.45) is 0 Å². The molecular weight excluding hydrogens is 207 g/mol. The largest absolute Gasteiger partial charge is 0.506 e. The van der Waals surface area contributed by atoms with Crippen LogP contribution < -0.4 is 0 Å². The first-order chi connectivity index (χ1) is 7.74. The highest BCUT2D eigenvalue weighted by Crippen LogP contribution is 2.29. The molecule has 0 aliphatic rings. The fraction of sp³-hybridized carbons (Fsp3) is 0. The fourth-order valence-corrected chi connectivity index (χ4v) is 1.41. The van der Waals surface area contributed by atoms with E-state index in [1.807, 2.05) is 0 Å². The second kappa shape index (κ2) is 3.99. The Morgan fingerprint density at radius 2 is 2.06 bits per heavy atom. The van der Waals surface area contributed by atoms with Crippen LogP contribution >= 0.6 is 0 Å². The van der Waals surface area contributed by atoms with Gasteiger partial charge in [0.2, 0.25) is 0 Å². The number of pyridine rings is 1. The Bertz CT molecular complexity index is 575. The van der Waals surface area contributed by atoms with E-state index in [9.17, 15) is 9.50 Å². The summed E-state index contributed by atoms with van der Waals surface area (Å²) in [6.45, 7) is 0. The SMILES string of the molecule is N#Cc1cccc(-c2ncccc2O)c1F. The average Bonchev–Trinajstić information content (AvgIpc) is 2.31. The van der Waals surface area contributed by atoms with Gasteiger partial charge in [0.05, 0.1) is 5.56 Å². The first-order valence-corrected chi connectivity index (χ1v) is 4.57. The molecule has 2 rings (SSSR count). The van der Waals surface area contributed by atoms with Crippen molar-refractivity contribution in [1.29, 1.82) is 5.26 Å². The van der Waals surface area contributed by atoms with E-state index in [-0.39, 0.29) is 22.6 Å². The minimum Gasteiger partial charge on any atom is -0.506 e. The molecule has 0 aliphatic carbocycles. The summed E-state index contributed by atoms with van der Waals surface area (Å²) in [4.78, 5) is 3.89. The Kier molecular flexibility index (Phi) is 2.52. The van der Waals surface area contributed by atoms with Crippen LogP contribution in [0.5, 0.6) is 5.75 Å². The van der Waals surface area contributed by atoms with Crippen LogP contribution in [-0.2, 0) is 0 Å². The third kappa shape index (κ3) is 1.59. The van der Waals surface area contributed by atoms with Gasteiger partial charge in [-0.3, -0.25) is 4.98 Å². The number of benzene rings is 1. The van der Waals surface area contributed by atoms with Crippen molar-refractivity contribution in [3.8, 4) is 23.1 Å². The van der Waals surface area contributed by atoms with E-state index >= 15 is 0 Å². The number of aromatic hydroxyl groups is 1. The molecule has 0 amide bonds. The fourth-order valence-electron chi connectivity index (χ4n) is 1.41. The summed E-state index contributed by atoms with van der Waals surface area (Å²) in [7, 11) is 0. The van der Waals surface area contributed by atoms with E-state index in [2.05, 4.69) is 4.98 Å². The van der Waals surface area contributed by atoms with Crippen molar-refractivity contribution in [3.05, 3.63) is 47.9 Å². The van der Waals surface area contributed by atoms with Crippen molar-refractivity contribution in [1.82, 2.24) is 4.98 Å². The van der Waals surface area contributed by atoms with Crippen LogP contribution in [-0.4, -0.2) is 10.1 Å². The van der Waals surface area contributed by atoms with Gasteiger partial charge >= 0.3 is 0 Å². The van der Waals surface area contributed by atoms with Crippen molar-refractivity contribution >= 4 is 0 Å². The highest BCUT2D eigenvalue weighted by molar-refractivity contribution is 5.67. The number of nitrogens with zero attached hydrogens (tertiary/aromatic N) is 2. The van der Waals surface area contributed by atoms with Crippen LogP contribution in [0.15, 0.2) is 36.5 Å². The number of aromatic nitrogens is 1. The van der Waals surface area contributed by atoms with E-state index in [4.69, 9.17) is 5.26 Å². The minimum atomic E-state index is -0.668. The summed E-state index contributed by atoms with van der Waals surface area (Å²) in [5.74, 6) is -0.782. The molecule has 0 atom stereocenters. The molecule has 1 N–H and O–H groups in total. The first-order valence-electron chi connectivity index (χ1n) is 4.57. The molecule has 1 aromatic heterocycles. The molecule has 1 aromatic carbocycles. The predicted molar refractivity (Wildman–Crippen MR) is 56.0 cm³/mol. The molecule has 16 heavy (non-hydrogen) atoms. The Balaban J connectivity index is 2.67. The maximum atomic E-state index is 13.8. The molecule has 2 aromatic rings. The molecule has 0 spiro atoms. The Morgan fingerprint density at radius 3 is 2.75 bits per heavy atom. The maximum absolute atomic E-state index is 13.8. The topological polar surface area (TPSA) is 56.9 Å². The summed E-state index contributed by atoms with van der Waals surface area (Å²) in [5.41, 5.74) is 0.191. The first kappa shape index (κ1) is 10.1. The van der Waals surface area contributed by atoms with Gasteiger partial charge in [0.15, 0.2) is 0 Å². The quantitative estimate of drug-likeness (QED) is 0.793. The van der Waals surface area contributed by atoms with Gasteiger partial charge in [-0.2, -0.15) is 5.26 Å². The molecule has 0 saturated carbocycles. The lowest BCUT2D eigenvalue weighted by Crippen LogP contribution is -1.91. The molecule has 0 radical (unpaired) electrons. The molecule has 78 valence electrons. The van der Waals surface area contributed by atoms with Crippen molar-refractivity contribution in [2.75, 3.05) is 0 Å². The number of hydrogen-bond donors (Lipinski definition) is 1. The van der Waals surface area contributed by atoms with Crippen molar-refractivity contribution in [3.63, 3.8) is 0 Å². The lowest BCUT2D eigenvalue weighted by Gasteiger charge is -2.05. The lowest BCUT2D eigenvalue weighted by atomic mass is 10.1. The summed E-state index contributed by atoms with van der Waals surface area (Å²) in [6.07, 6.45) is 1.45. The molecule has 4 heteroatoms. The van der Waals surface area contributed by atoms with E-state index < -0.39 is 5.82 Å². The van der Waals surface area contributed by atoms with Crippen LogP contribution in [0.3, 0.4) is 0 Å². The monoisotopic (exact) mass is 214 g/mol. The van der Waals surface area contributed by atoms with Gasteiger partial charge < -0.3 is 5.11 Å². The number of hydrogen-bond acceptors (Lipinski definition) is 3. The maximum Gasteiger partial charge on any atom is 0.150 e. The molecule has 0 aliphatic heterocycles. The van der Waals surface area contributed by atoms with E-state index in [1.165, 1.54) is 24.4 Å². The van der Waals surface area contributed by atoms with Crippen LogP contribution in [0.25, 0.3) is 11.3 Å². The second-order valence-electron chi connectivity index (χ2n) is 3.15. The van der Waals surface area contributed by atoms with Crippen molar-refractivity contribution in [2.45, 2.75) is 0 Å². The van der Waals surface area contributed by atoms with Crippen LogP contribution in [0.4, 0.5) is 4.39 Å². The molecule has 0 bridgehead atoms. The zero-order valence-electron chi connectivity index (χ0n) is 8.18. The lowest BCUT2D eigenvalue weighted by molar-refractivity contribution is 0.474. The molecule has 0 saturated heterocycles. The van der Waals surface area contributed by atoms with E-state index in [0.29, 0.717) is 0 Å². The van der Waals surface area contributed by atoms with Gasteiger partial charge in [-0.1, -0.05) is 6.07 Å². The summed E-state index contributed by atoms with van der Waals surface area (Å²) < 4.78 is 13.8. The summed E-state index contributed by atoms with van der Waals surface area (Å²) in [6, 6.07) is 9.10. The summed E-state index contributed by atoms with van der Waals surface area (Å²) >= 11 is 0. The minimum absolute atomic E-state index is 0.0671. The number of halogens is 1. The van der Waals surface area contributed by atoms with E-state index in [1.54, 1.807) is 18.2 Å². The normalized spacial score (nSPS) is 9.75. The Hall–Kier alpha value is -2.41. The third-order valence-electron chi connectivity index (χ3n) is 2.16. The molecule has 0 unspecified atom stereocenters. The van der Waals surface area contributed by atoms with Crippen molar-refractivity contribution < 1.29 is 9.50 Å². The number of nitriles is 1. The third-order valence-corrected chi connectivity index (χ3v) is 2.16. The zero-order valence-corrected chi connectivity index (χ0v) is 8.18. The van der Waals surface area contributed by atoms with Gasteiger partial charge in [-0.05, 0) is 24.3 Å². The smallest absolute Gasteiger partial charge is 0.150 e. The Morgan fingerprint density at radius 1 is 1.25 bits per heavy atom. The van der Waals surface area contributed by atoms with Crippen LogP contribution in [0, 0.1) is 17.1 Å². The van der Waals surface area contributed by atoms with Gasteiger partial charge in [0.1, 0.15) is 23.3 Å². The predicted octanol–water partition coefficient (Wildman–Crippen LogP) is 2.46. The Labute approximate surface area is 91.4 Å².